The van der Waals surface area contributed by atoms with Crippen LogP contribution >= 0.6 is 0 Å². The van der Waals surface area contributed by atoms with E-state index in [0.717, 1.165) is 37.3 Å². The Morgan fingerprint density at radius 2 is 1.63 bits per heavy atom. The van der Waals surface area contributed by atoms with E-state index in [9.17, 15) is 13.2 Å². The van der Waals surface area contributed by atoms with Gasteiger partial charge in [0, 0.05) is 44.2 Å². The van der Waals surface area contributed by atoms with Crippen LogP contribution < -0.4 is 4.90 Å². The van der Waals surface area contributed by atoms with Crippen LogP contribution in [0.3, 0.4) is 0 Å². The first-order chi connectivity index (χ1) is 12.9. The highest BCUT2D eigenvalue weighted by atomic mass is 32.2. The molecule has 142 valence electrons. The average Bonchev–Trinajstić information content (AvgIpc) is 2.93. The Morgan fingerprint density at radius 3 is 2.30 bits per heavy atom. The lowest BCUT2D eigenvalue weighted by Crippen LogP contribution is -2.34. The molecule has 2 aromatic rings. The van der Waals surface area contributed by atoms with Gasteiger partial charge in [0.25, 0.3) is 0 Å². The smallest absolute Gasteiger partial charge is 0.246 e. The molecule has 0 aliphatic carbocycles. The number of sulfone groups is 1. The first kappa shape index (κ1) is 19.2. The second-order valence-corrected chi connectivity index (χ2v) is 8.69. The summed E-state index contributed by atoms with van der Waals surface area (Å²) in [5, 5.41) is 0. The summed E-state index contributed by atoms with van der Waals surface area (Å²) in [7, 11) is -3.19. The zero-order valence-corrected chi connectivity index (χ0v) is 16.2. The van der Waals surface area contributed by atoms with Crippen molar-refractivity contribution in [1.82, 2.24) is 4.90 Å². The normalized spacial score (nSPS) is 15.7. The summed E-state index contributed by atoms with van der Waals surface area (Å²) in [6.45, 7) is 2.93. The third-order valence-electron chi connectivity index (χ3n) is 4.66. The number of hydrogen-bond donors (Lipinski definition) is 0. The quantitative estimate of drug-likeness (QED) is 0.761. The Morgan fingerprint density at radius 1 is 0.926 bits per heavy atom. The van der Waals surface area contributed by atoms with Gasteiger partial charge in [0.2, 0.25) is 5.91 Å². The van der Waals surface area contributed by atoms with Crippen molar-refractivity contribution < 1.29 is 13.2 Å². The molecule has 1 fully saturated rings. The lowest BCUT2D eigenvalue weighted by molar-refractivity contribution is -0.125. The van der Waals surface area contributed by atoms with Crippen LogP contribution in [0.15, 0.2) is 65.6 Å². The molecule has 27 heavy (non-hydrogen) atoms. The zero-order valence-electron chi connectivity index (χ0n) is 15.4. The van der Waals surface area contributed by atoms with Crippen LogP contribution in [-0.4, -0.2) is 51.7 Å². The first-order valence-electron chi connectivity index (χ1n) is 9.00. The summed E-state index contributed by atoms with van der Waals surface area (Å²) in [4.78, 5) is 16.9. The Labute approximate surface area is 160 Å². The maximum absolute atomic E-state index is 12.5. The van der Waals surface area contributed by atoms with Crippen molar-refractivity contribution in [3.8, 4) is 0 Å². The van der Waals surface area contributed by atoms with Crippen molar-refractivity contribution in [2.75, 3.05) is 37.3 Å². The van der Waals surface area contributed by atoms with E-state index in [-0.39, 0.29) is 5.91 Å². The monoisotopic (exact) mass is 384 g/mol. The van der Waals surface area contributed by atoms with Gasteiger partial charge in [-0.2, -0.15) is 0 Å². The predicted molar refractivity (Wildman–Crippen MR) is 108 cm³/mol. The molecule has 1 aliphatic rings. The van der Waals surface area contributed by atoms with Gasteiger partial charge in [-0.25, -0.2) is 8.42 Å². The van der Waals surface area contributed by atoms with Crippen LogP contribution in [0.25, 0.3) is 6.08 Å². The highest BCUT2D eigenvalue weighted by Crippen LogP contribution is 2.19. The molecular weight excluding hydrogens is 360 g/mol. The minimum Gasteiger partial charge on any atom is -0.370 e. The number of rotatable bonds is 4. The molecular formula is C21H24N2O3S. The third kappa shape index (κ3) is 5.20. The van der Waals surface area contributed by atoms with Gasteiger partial charge < -0.3 is 9.80 Å². The van der Waals surface area contributed by atoms with E-state index < -0.39 is 9.84 Å². The highest BCUT2D eigenvalue weighted by Gasteiger charge is 2.18. The molecule has 0 saturated carbocycles. The lowest BCUT2D eigenvalue weighted by atomic mass is 10.2. The van der Waals surface area contributed by atoms with E-state index in [4.69, 9.17) is 0 Å². The molecule has 0 atom stereocenters. The van der Waals surface area contributed by atoms with Crippen LogP contribution in [0, 0.1) is 0 Å². The molecule has 0 radical (unpaired) electrons. The maximum Gasteiger partial charge on any atom is 0.246 e. The van der Waals surface area contributed by atoms with Crippen LogP contribution in [0.2, 0.25) is 0 Å². The molecule has 0 unspecified atom stereocenters. The maximum atomic E-state index is 12.5. The molecule has 3 rings (SSSR count). The first-order valence-corrected chi connectivity index (χ1v) is 10.9. The van der Waals surface area contributed by atoms with Gasteiger partial charge in [-0.3, -0.25) is 4.79 Å². The van der Waals surface area contributed by atoms with E-state index in [0.29, 0.717) is 11.4 Å². The largest absolute Gasteiger partial charge is 0.370 e. The summed E-state index contributed by atoms with van der Waals surface area (Å²) in [6, 6.07) is 16.7. The molecule has 1 aliphatic heterocycles. The van der Waals surface area contributed by atoms with Gasteiger partial charge in [-0.05, 0) is 42.3 Å². The van der Waals surface area contributed by atoms with E-state index in [1.54, 1.807) is 18.2 Å². The molecule has 2 aromatic carbocycles. The minimum atomic E-state index is -3.19. The molecule has 5 nitrogen and oxygen atoms in total. The van der Waals surface area contributed by atoms with Crippen LogP contribution in [0.1, 0.15) is 12.0 Å². The molecule has 1 heterocycles. The van der Waals surface area contributed by atoms with Gasteiger partial charge in [0.1, 0.15) is 0 Å². The predicted octanol–water partition coefficient (Wildman–Crippen LogP) is 2.84. The second kappa shape index (κ2) is 8.39. The molecule has 6 heteroatoms. The van der Waals surface area contributed by atoms with Crippen molar-refractivity contribution in [1.29, 1.82) is 0 Å². The Hall–Kier alpha value is -2.60. The lowest BCUT2D eigenvalue weighted by Gasteiger charge is -2.23. The van der Waals surface area contributed by atoms with Crippen molar-refractivity contribution in [2.24, 2.45) is 0 Å². The van der Waals surface area contributed by atoms with Crippen molar-refractivity contribution >= 4 is 27.5 Å². The number of carbonyl (C=O) groups is 1. The fourth-order valence-corrected chi connectivity index (χ4v) is 3.77. The Kier molecular flexibility index (Phi) is 5.96. The third-order valence-corrected chi connectivity index (χ3v) is 5.78. The average molecular weight is 385 g/mol. The number of anilines is 1. The number of benzene rings is 2. The number of amides is 1. The standard InChI is InChI=1S/C21H24N2O3S/c1-27(25,26)20-11-9-19(10-12-20)22-14-5-15-23(17-16-22)21(24)13-8-18-6-3-2-4-7-18/h2-4,6-13H,5,14-17H2,1H3. The fraction of sp³-hybridized carbons (Fsp3) is 0.286. The summed E-state index contributed by atoms with van der Waals surface area (Å²) in [6.07, 6.45) is 5.56. The zero-order chi connectivity index (χ0) is 19.3. The molecule has 0 bridgehead atoms. The second-order valence-electron chi connectivity index (χ2n) is 6.68. The van der Waals surface area contributed by atoms with Crippen LogP contribution in [0.5, 0.6) is 0 Å². The fourth-order valence-electron chi connectivity index (χ4n) is 3.14. The van der Waals surface area contributed by atoms with Crippen molar-refractivity contribution in [3.63, 3.8) is 0 Å². The van der Waals surface area contributed by atoms with Gasteiger partial charge in [0.15, 0.2) is 9.84 Å². The van der Waals surface area contributed by atoms with Crippen molar-refractivity contribution in [2.45, 2.75) is 11.3 Å². The minimum absolute atomic E-state index is 0.0214. The number of carbonyl (C=O) groups excluding carboxylic acids is 1. The van der Waals surface area contributed by atoms with Gasteiger partial charge >= 0.3 is 0 Å². The van der Waals surface area contributed by atoms with Crippen LogP contribution in [0.4, 0.5) is 5.69 Å². The molecule has 0 aromatic heterocycles. The summed E-state index contributed by atoms with van der Waals surface area (Å²) in [5.41, 5.74) is 1.99. The summed E-state index contributed by atoms with van der Waals surface area (Å²) >= 11 is 0. The van der Waals surface area contributed by atoms with Crippen LogP contribution in [-0.2, 0) is 14.6 Å². The molecule has 1 amide bonds. The van der Waals surface area contributed by atoms with Crippen molar-refractivity contribution in [3.05, 3.63) is 66.2 Å². The van der Waals surface area contributed by atoms with E-state index in [1.807, 2.05) is 53.4 Å². The molecule has 1 saturated heterocycles. The van der Waals surface area contributed by atoms with Gasteiger partial charge in [0.05, 0.1) is 4.90 Å². The summed E-state index contributed by atoms with van der Waals surface area (Å²) in [5.74, 6) is 0.0214. The summed E-state index contributed by atoms with van der Waals surface area (Å²) < 4.78 is 23.2. The highest BCUT2D eigenvalue weighted by molar-refractivity contribution is 7.90. The number of hydrogen-bond acceptors (Lipinski definition) is 4. The topological polar surface area (TPSA) is 57.7 Å². The van der Waals surface area contributed by atoms with E-state index in [2.05, 4.69) is 4.90 Å². The molecule has 0 N–H and O–H groups in total. The van der Waals surface area contributed by atoms with Gasteiger partial charge in [-0.1, -0.05) is 30.3 Å². The van der Waals surface area contributed by atoms with E-state index >= 15 is 0 Å². The Bertz CT molecular complexity index is 906. The molecule has 0 spiro atoms. The Balaban J connectivity index is 1.61. The van der Waals surface area contributed by atoms with E-state index in [1.165, 1.54) is 6.26 Å². The number of nitrogens with zero attached hydrogens (tertiary/aromatic N) is 2. The van der Waals surface area contributed by atoms with Gasteiger partial charge in [-0.15, -0.1) is 0 Å². The SMILES string of the molecule is CS(=O)(=O)c1ccc(N2CCCN(C(=O)C=Cc3ccccc3)CC2)cc1.